The number of likely N-dealkylation sites (N-methyl/N-ethyl adjacent to an activating group) is 2. The predicted octanol–water partition coefficient (Wildman–Crippen LogP) is 4.44. The van der Waals surface area contributed by atoms with Crippen molar-refractivity contribution in [2.75, 3.05) is 27.2 Å². The van der Waals surface area contributed by atoms with Gasteiger partial charge in [-0.1, -0.05) is 29.3 Å². The van der Waals surface area contributed by atoms with Gasteiger partial charge in [0.2, 0.25) is 0 Å². The van der Waals surface area contributed by atoms with Crippen LogP contribution in [0.25, 0.3) is 10.4 Å². The van der Waals surface area contributed by atoms with Gasteiger partial charge in [-0.3, -0.25) is 4.79 Å². The van der Waals surface area contributed by atoms with E-state index in [0.29, 0.717) is 16.6 Å². The molecule has 2 aromatic rings. The minimum Gasteiger partial charge on any atom is -0.340 e. The first-order valence-electron chi connectivity index (χ1n) is 6.48. The number of hydrogen-bond donors (Lipinski definition) is 1. The summed E-state index contributed by atoms with van der Waals surface area (Å²) in [5.74, 6) is 0.0292. The highest BCUT2D eigenvalue weighted by atomic mass is 35.5. The molecular formula is C15H17Cl3N2OS. The summed E-state index contributed by atoms with van der Waals surface area (Å²) in [6.07, 6.45) is 0. The van der Waals surface area contributed by atoms with E-state index in [2.05, 4.69) is 5.32 Å². The molecule has 22 heavy (non-hydrogen) atoms. The van der Waals surface area contributed by atoms with Gasteiger partial charge in [0.05, 0.1) is 14.9 Å². The van der Waals surface area contributed by atoms with Crippen molar-refractivity contribution >= 4 is 52.9 Å². The van der Waals surface area contributed by atoms with Crippen molar-refractivity contribution in [2.24, 2.45) is 0 Å². The summed E-state index contributed by atoms with van der Waals surface area (Å²) in [7, 11) is 3.67. The van der Waals surface area contributed by atoms with Crippen LogP contribution in [0.2, 0.25) is 10.0 Å². The molecule has 1 amide bonds. The smallest absolute Gasteiger partial charge is 0.263 e. The minimum absolute atomic E-state index is 0. The Balaban J connectivity index is 0.00000242. The third kappa shape index (κ3) is 4.61. The maximum absolute atomic E-state index is 12.3. The summed E-state index contributed by atoms with van der Waals surface area (Å²) in [6, 6.07) is 9.26. The predicted molar refractivity (Wildman–Crippen MR) is 97.9 cm³/mol. The Hall–Kier alpha value is -0.780. The molecule has 3 nitrogen and oxygen atoms in total. The third-order valence-electron chi connectivity index (χ3n) is 3.06. The minimum atomic E-state index is 0. The number of nitrogens with one attached hydrogen (secondary N) is 1. The Morgan fingerprint density at radius 3 is 2.59 bits per heavy atom. The van der Waals surface area contributed by atoms with Gasteiger partial charge in [-0.15, -0.1) is 23.7 Å². The number of thiophene rings is 1. The lowest BCUT2D eigenvalue weighted by molar-refractivity contribution is 0.0801. The molecule has 7 heteroatoms. The molecule has 0 fully saturated rings. The van der Waals surface area contributed by atoms with Crippen LogP contribution >= 0.6 is 46.9 Å². The van der Waals surface area contributed by atoms with Gasteiger partial charge < -0.3 is 10.2 Å². The zero-order valence-electron chi connectivity index (χ0n) is 12.2. The second-order valence-corrected chi connectivity index (χ2v) is 6.52. The van der Waals surface area contributed by atoms with E-state index < -0.39 is 0 Å². The number of nitrogens with zero attached hydrogens (tertiary/aromatic N) is 1. The van der Waals surface area contributed by atoms with Gasteiger partial charge in [0, 0.05) is 25.0 Å². The van der Waals surface area contributed by atoms with E-state index in [1.807, 2.05) is 31.3 Å². The van der Waals surface area contributed by atoms with Crippen LogP contribution in [-0.4, -0.2) is 38.0 Å². The molecule has 1 aromatic heterocycles. The lowest BCUT2D eigenvalue weighted by Crippen LogP contribution is -2.32. The van der Waals surface area contributed by atoms with Crippen LogP contribution in [0.4, 0.5) is 0 Å². The Morgan fingerprint density at radius 1 is 1.23 bits per heavy atom. The first kappa shape index (κ1) is 19.3. The van der Waals surface area contributed by atoms with Gasteiger partial charge in [0.1, 0.15) is 0 Å². The second-order valence-electron chi connectivity index (χ2n) is 4.62. The van der Waals surface area contributed by atoms with Gasteiger partial charge >= 0.3 is 0 Å². The summed E-state index contributed by atoms with van der Waals surface area (Å²) < 4.78 is 0. The van der Waals surface area contributed by atoms with Crippen molar-refractivity contribution in [3.8, 4) is 10.4 Å². The van der Waals surface area contributed by atoms with Crippen LogP contribution in [0.3, 0.4) is 0 Å². The highest BCUT2D eigenvalue weighted by Gasteiger charge is 2.14. The third-order valence-corrected chi connectivity index (χ3v) is 4.93. The van der Waals surface area contributed by atoms with Crippen LogP contribution < -0.4 is 5.32 Å². The molecule has 2 rings (SSSR count). The van der Waals surface area contributed by atoms with Crippen LogP contribution in [0.5, 0.6) is 0 Å². The summed E-state index contributed by atoms with van der Waals surface area (Å²) in [4.78, 5) is 15.7. The number of rotatable bonds is 5. The number of benzene rings is 1. The zero-order chi connectivity index (χ0) is 15.4. The first-order chi connectivity index (χ1) is 10.0. The number of halogens is 3. The lowest BCUT2D eigenvalue weighted by atomic mass is 10.2. The van der Waals surface area contributed by atoms with E-state index >= 15 is 0 Å². The van der Waals surface area contributed by atoms with E-state index in [9.17, 15) is 4.79 Å². The standard InChI is InChI=1S/C15H16Cl2N2OS.ClH/c1-18-7-8-19(2)15(20)14-6-5-13(21-14)10-3-4-11(16)12(17)9-10;/h3-6,9,18H,7-8H2,1-2H3;1H. The summed E-state index contributed by atoms with van der Waals surface area (Å²) in [5, 5.41) is 4.07. The molecule has 0 bridgehead atoms. The Bertz CT molecular complexity index is 645. The molecule has 0 spiro atoms. The molecular weight excluding hydrogens is 363 g/mol. The van der Waals surface area contributed by atoms with Gasteiger partial charge in [-0.25, -0.2) is 0 Å². The van der Waals surface area contributed by atoms with Gasteiger partial charge in [-0.05, 0) is 36.9 Å². The van der Waals surface area contributed by atoms with Crippen LogP contribution in [-0.2, 0) is 0 Å². The van der Waals surface area contributed by atoms with Crippen molar-refractivity contribution in [2.45, 2.75) is 0 Å². The number of amides is 1. The molecule has 0 atom stereocenters. The largest absolute Gasteiger partial charge is 0.340 e. The molecule has 0 aliphatic heterocycles. The number of carbonyl (C=O) groups excluding carboxylic acids is 1. The Labute approximate surface area is 150 Å². The zero-order valence-corrected chi connectivity index (χ0v) is 15.4. The summed E-state index contributed by atoms with van der Waals surface area (Å²) in [5.41, 5.74) is 0.964. The van der Waals surface area contributed by atoms with Crippen molar-refractivity contribution in [1.29, 1.82) is 0 Å². The van der Waals surface area contributed by atoms with E-state index in [1.165, 1.54) is 11.3 Å². The normalized spacial score (nSPS) is 10.2. The molecule has 1 N–H and O–H groups in total. The SMILES string of the molecule is CNCCN(C)C(=O)c1ccc(-c2ccc(Cl)c(Cl)c2)s1.Cl. The fourth-order valence-electron chi connectivity index (χ4n) is 1.83. The van der Waals surface area contributed by atoms with E-state index in [0.717, 1.165) is 21.9 Å². The first-order valence-corrected chi connectivity index (χ1v) is 8.05. The average molecular weight is 380 g/mol. The van der Waals surface area contributed by atoms with Gasteiger partial charge in [0.15, 0.2) is 0 Å². The monoisotopic (exact) mass is 378 g/mol. The van der Waals surface area contributed by atoms with E-state index in [4.69, 9.17) is 23.2 Å². The molecule has 1 heterocycles. The summed E-state index contributed by atoms with van der Waals surface area (Å²) in [6.45, 7) is 1.45. The topological polar surface area (TPSA) is 32.3 Å². The van der Waals surface area contributed by atoms with Gasteiger partial charge in [0.25, 0.3) is 5.91 Å². The molecule has 0 aliphatic rings. The van der Waals surface area contributed by atoms with Crippen molar-refractivity contribution in [3.05, 3.63) is 45.3 Å². The highest BCUT2D eigenvalue weighted by molar-refractivity contribution is 7.17. The molecule has 0 unspecified atom stereocenters. The molecule has 0 radical (unpaired) electrons. The fraction of sp³-hybridized carbons (Fsp3) is 0.267. The number of hydrogen-bond acceptors (Lipinski definition) is 3. The second kappa shape index (κ2) is 8.75. The highest BCUT2D eigenvalue weighted by Crippen LogP contribution is 2.33. The van der Waals surface area contributed by atoms with Gasteiger partial charge in [-0.2, -0.15) is 0 Å². The van der Waals surface area contributed by atoms with Crippen LogP contribution in [0.1, 0.15) is 9.67 Å². The maximum atomic E-state index is 12.3. The maximum Gasteiger partial charge on any atom is 0.263 e. The molecule has 0 saturated carbocycles. The summed E-state index contributed by atoms with van der Waals surface area (Å²) >= 11 is 13.4. The van der Waals surface area contributed by atoms with E-state index in [1.54, 1.807) is 18.0 Å². The average Bonchev–Trinajstić information content (AvgIpc) is 2.96. The number of carbonyl (C=O) groups is 1. The Morgan fingerprint density at radius 2 is 1.95 bits per heavy atom. The lowest BCUT2D eigenvalue weighted by Gasteiger charge is -2.15. The molecule has 1 aromatic carbocycles. The van der Waals surface area contributed by atoms with E-state index in [-0.39, 0.29) is 18.3 Å². The fourth-order valence-corrected chi connectivity index (χ4v) is 3.12. The molecule has 120 valence electrons. The molecule has 0 saturated heterocycles. The molecule has 0 aliphatic carbocycles. The van der Waals surface area contributed by atoms with Crippen molar-refractivity contribution in [1.82, 2.24) is 10.2 Å². The van der Waals surface area contributed by atoms with Crippen molar-refractivity contribution in [3.63, 3.8) is 0 Å². The van der Waals surface area contributed by atoms with Crippen molar-refractivity contribution < 1.29 is 4.79 Å². The van der Waals surface area contributed by atoms with Crippen LogP contribution in [0.15, 0.2) is 30.3 Å². The van der Waals surface area contributed by atoms with Crippen LogP contribution in [0, 0.1) is 0 Å². The quantitative estimate of drug-likeness (QED) is 0.833. The Kier molecular flexibility index (Phi) is 7.66.